The van der Waals surface area contributed by atoms with Crippen LogP contribution in [0.5, 0.6) is 40.2 Å². The van der Waals surface area contributed by atoms with E-state index in [0.29, 0.717) is 56.8 Å². The molecule has 0 spiro atoms. The van der Waals surface area contributed by atoms with Crippen LogP contribution in [0.3, 0.4) is 0 Å². The van der Waals surface area contributed by atoms with Crippen molar-refractivity contribution in [2.24, 2.45) is 0 Å². The maximum absolute atomic E-state index is 13.7. The van der Waals surface area contributed by atoms with Gasteiger partial charge in [-0.15, -0.1) is 0 Å². The molecular weight excluding hydrogens is 1180 g/mol. The Bertz CT molecular complexity index is 4930. The summed E-state index contributed by atoms with van der Waals surface area (Å²) < 4.78 is 24.4. The van der Waals surface area contributed by atoms with Crippen molar-refractivity contribution in [2.45, 2.75) is 6.92 Å². The minimum atomic E-state index is -0.105. The van der Waals surface area contributed by atoms with Gasteiger partial charge in [-0.1, -0.05) is 169 Å². The fraction of sp³-hybridized carbons (Fsp3) is 0.0227. The monoisotopic (exact) mass is 1240 g/mol. The minimum absolute atomic E-state index is 0.0290. The van der Waals surface area contributed by atoms with Gasteiger partial charge in [0.05, 0.1) is 7.11 Å². The Kier molecular flexibility index (Phi) is 17.7. The van der Waals surface area contributed by atoms with E-state index in [2.05, 4.69) is 186 Å². The molecule has 96 heavy (non-hydrogen) atoms. The van der Waals surface area contributed by atoms with Gasteiger partial charge in [0, 0.05) is 62.4 Å². The second kappa shape index (κ2) is 28.0. The largest absolute Gasteiger partial charge is 0.497 e. The maximum atomic E-state index is 13.7. The minimum Gasteiger partial charge on any atom is -0.497 e. The number of carbonyl (C=O) groups excluding carboxylic acids is 2. The molecule has 0 aliphatic rings. The summed E-state index contributed by atoms with van der Waals surface area (Å²) >= 11 is 0. The molecule has 0 bridgehead atoms. The third-order valence-corrected chi connectivity index (χ3v) is 16.9. The van der Waals surface area contributed by atoms with Crippen LogP contribution in [-0.2, 0) is 0 Å². The smallest absolute Gasteiger partial charge is 0.193 e. The molecule has 462 valence electrons. The second-order valence-electron chi connectivity index (χ2n) is 23.2. The van der Waals surface area contributed by atoms with Crippen molar-refractivity contribution in [1.29, 1.82) is 0 Å². The Morgan fingerprint density at radius 3 is 0.771 bits per heavy atom. The summed E-state index contributed by atoms with van der Waals surface area (Å²) in [5.41, 5.74) is 18.2. The third-order valence-electron chi connectivity index (χ3n) is 16.9. The fourth-order valence-corrected chi connectivity index (χ4v) is 11.7. The van der Waals surface area contributed by atoms with Gasteiger partial charge in [0.2, 0.25) is 0 Å². The number of hydrogen-bond acceptors (Lipinski definition) is 8. The lowest BCUT2D eigenvalue weighted by Gasteiger charge is -2.26. The van der Waals surface area contributed by atoms with Gasteiger partial charge in [-0.05, 0) is 233 Å². The molecule has 0 aliphatic heterocycles. The molecule has 0 aromatic heterocycles. The van der Waals surface area contributed by atoms with Crippen molar-refractivity contribution in [2.75, 3.05) is 16.9 Å². The molecule has 0 atom stereocenters. The molecule has 8 heteroatoms. The van der Waals surface area contributed by atoms with Crippen molar-refractivity contribution in [1.82, 2.24) is 0 Å². The molecule has 0 unspecified atom stereocenters. The lowest BCUT2D eigenvalue weighted by Crippen LogP contribution is -2.10. The van der Waals surface area contributed by atoms with Gasteiger partial charge in [-0.3, -0.25) is 9.59 Å². The average molecular weight is 1250 g/mol. The molecule has 14 rings (SSSR count). The van der Waals surface area contributed by atoms with E-state index in [1.165, 1.54) is 5.56 Å². The van der Waals surface area contributed by atoms with E-state index >= 15 is 0 Å². The molecule has 0 amide bonds. The van der Waals surface area contributed by atoms with E-state index in [1.807, 2.05) is 146 Å². The summed E-state index contributed by atoms with van der Waals surface area (Å²) in [6, 6.07) is 116. The summed E-state index contributed by atoms with van der Waals surface area (Å²) in [7, 11) is 1.69. The van der Waals surface area contributed by atoms with Crippen LogP contribution in [-0.4, -0.2) is 18.7 Å². The second-order valence-corrected chi connectivity index (χ2v) is 23.2. The number of hydrogen-bond donors (Lipinski definition) is 0. The number of anilines is 6. The number of ketones is 2. The first-order valence-corrected chi connectivity index (χ1v) is 31.8. The zero-order chi connectivity index (χ0) is 65.2. The van der Waals surface area contributed by atoms with Crippen molar-refractivity contribution < 1.29 is 28.5 Å². The lowest BCUT2D eigenvalue weighted by atomic mass is 10.0. The number of methoxy groups -OCH3 is 1. The Morgan fingerprint density at radius 1 is 0.229 bits per heavy atom. The highest BCUT2D eigenvalue weighted by Crippen LogP contribution is 2.41. The SMILES string of the molecule is COc1cccc(N(c2ccc(-c3ccccc3)cc2)c2ccc(-c3ccc(Oc4ccc(C(=O)c5ccc(Oc6ccc(-c7ccc(N(c8ccc(Oc9ccc(C(=O)c%10ccc(C)cc%10)cc9)cc8)c8ccc(-c9ccccc9)cc8)cc7)cc6)cc5)cc4)cc3)cc2)c1. The highest BCUT2D eigenvalue weighted by atomic mass is 16.5. The average Bonchev–Trinajstić information content (AvgIpc) is 0.850. The topological polar surface area (TPSA) is 77.5 Å². The third kappa shape index (κ3) is 14.0. The van der Waals surface area contributed by atoms with E-state index in [0.717, 1.165) is 84.4 Å². The number of aryl methyl sites for hydroxylation is 1. The Morgan fingerprint density at radius 2 is 0.469 bits per heavy atom. The molecule has 0 radical (unpaired) electrons. The van der Waals surface area contributed by atoms with Crippen LogP contribution in [0.1, 0.15) is 37.4 Å². The summed E-state index contributed by atoms with van der Waals surface area (Å²) in [5.74, 6) is 4.55. The number of carbonyl (C=O) groups is 2. The van der Waals surface area contributed by atoms with Crippen molar-refractivity contribution in [3.8, 4) is 84.8 Å². The first-order valence-electron chi connectivity index (χ1n) is 31.8. The fourth-order valence-electron chi connectivity index (χ4n) is 11.7. The van der Waals surface area contributed by atoms with Gasteiger partial charge in [0.1, 0.15) is 40.2 Å². The summed E-state index contributed by atoms with van der Waals surface area (Å²) in [5, 5.41) is 0. The molecular formula is C88H64N2O6. The Labute approximate surface area is 559 Å². The standard InChI is InChI=1S/C88H64N2O6/c1-61-16-18-70(19-17-61)87(91)71-32-56-84(57-33-71)96-85-58-46-78(47-59-85)89(74-38-20-64(21-39-74)62-10-5-3-6-11-62)75-40-24-66(25-41-75)68-28-48-80(49-29-68)94-82-52-34-72(35-53-82)88(92)73-36-54-83(55-37-73)95-81-50-30-69(31-51-81)67-26-44-77(45-27-67)90(79-14-9-15-86(60-79)93-2)76-42-22-65(23-43-76)63-12-7-4-8-13-63/h3-60H,1-2H3. The van der Waals surface area contributed by atoms with E-state index < -0.39 is 0 Å². The van der Waals surface area contributed by atoms with Crippen LogP contribution in [0.15, 0.2) is 352 Å². The van der Waals surface area contributed by atoms with Crippen LogP contribution in [0.4, 0.5) is 34.1 Å². The molecule has 14 aromatic rings. The molecule has 0 heterocycles. The van der Waals surface area contributed by atoms with Crippen molar-refractivity contribution in [3.05, 3.63) is 380 Å². The molecule has 0 N–H and O–H groups in total. The van der Waals surface area contributed by atoms with E-state index in [1.54, 1.807) is 43.5 Å². The maximum Gasteiger partial charge on any atom is 0.193 e. The number of benzene rings is 14. The van der Waals surface area contributed by atoms with Crippen molar-refractivity contribution >= 4 is 45.7 Å². The molecule has 0 saturated carbocycles. The van der Waals surface area contributed by atoms with E-state index in [-0.39, 0.29) is 11.6 Å². The van der Waals surface area contributed by atoms with Crippen molar-refractivity contribution in [3.63, 3.8) is 0 Å². The molecule has 0 aliphatic carbocycles. The van der Waals surface area contributed by atoms with Gasteiger partial charge < -0.3 is 28.7 Å². The van der Waals surface area contributed by atoms with Crippen LogP contribution in [0.2, 0.25) is 0 Å². The van der Waals surface area contributed by atoms with Crippen LogP contribution < -0.4 is 28.7 Å². The normalized spacial score (nSPS) is 10.9. The van der Waals surface area contributed by atoms with E-state index in [4.69, 9.17) is 18.9 Å². The summed E-state index contributed by atoms with van der Waals surface area (Å²) in [6.07, 6.45) is 0. The first-order chi connectivity index (χ1) is 47.2. The number of nitrogens with zero attached hydrogens (tertiary/aromatic N) is 2. The van der Waals surface area contributed by atoms with Gasteiger partial charge in [0.25, 0.3) is 0 Å². The van der Waals surface area contributed by atoms with Gasteiger partial charge in [-0.25, -0.2) is 0 Å². The summed E-state index contributed by atoms with van der Waals surface area (Å²) in [4.78, 5) is 31.3. The van der Waals surface area contributed by atoms with Gasteiger partial charge >= 0.3 is 0 Å². The Balaban J connectivity index is 0.593. The highest BCUT2D eigenvalue weighted by molar-refractivity contribution is 6.09. The quantitative estimate of drug-likeness (QED) is 0.0659. The zero-order valence-corrected chi connectivity index (χ0v) is 52.8. The molecule has 14 aromatic carbocycles. The van der Waals surface area contributed by atoms with Crippen LogP contribution in [0, 0.1) is 6.92 Å². The van der Waals surface area contributed by atoms with Gasteiger partial charge in [-0.2, -0.15) is 0 Å². The van der Waals surface area contributed by atoms with Crippen LogP contribution >= 0.6 is 0 Å². The predicted octanol–water partition coefficient (Wildman–Crippen LogP) is 23.5. The Hall–Kier alpha value is -12.8. The molecule has 0 saturated heterocycles. The predicted molar refractivity (Wildman–Crippen MR) is 388 cm³/mol. The summed E-state index contributed by atoms with van der Waals surface area (Å²) in [6.45, 7) is 2.01. The van der Waals surface area contributed by atoms with Crippen LogP contribution in [0.25, 0.3) is 44.5 Å². The van der Waals surface area contributed by atoms with E-state index in [9.17, 15) is 9.59 Å². The molecule has 0 fully saturated rings. The number of ether oxygens (including phenoxy) is 4. The lowest BCUT2D eigenvalue weighted by molar-refractivity contribution is 0.103. The first kappa shape index (κ1) is 60.8. The number of rotatable bonds is 21. The van der Waals surface area contributed by atoms with Gasteiger partial charge in [0.15, 0.2) is 11.6 Å². The highest BCUT2D eigenvalue weighted by Gasteiger charge is 2.18. The molecule has 8 nitrogen and oxygen atoms in total. The zero-order valence-electron chi connectivity index (χ0n) is 52.8.